The fraction of sp³-hybridized carbons (Fsp3) is 0.200. The maximum Gasteiger partial charge on any atom is -0.0257 e. The van der Waals surface area contributed by atoms with E-state index in [1.165, 1.54) is 5.57 Å². The van der Waals surface area contributed by atoms with E-state index in [2.05, 4.69) is 37.3 Å². The van der Waals surface area contributed by atoms with Crippen LogP contribution in [0.25, 0.3) is 0 Å². The molecule has 0 heterocycles. The minimum absolute atomic E-state index is 1.11. The predicted molar refractivity (Wildman–Crippen MR) is 45.8 cm³/mol. The number of hydrogen-bond acceptors (Lipinski definition) is 0. The SMILES string of the molecule is CC/C=C/C=C1C=CC=C1. The first kappa shape index (κ1) is 7.07. The van der Waals surface area contributed by atoms with Gasteiger partial charge in [-0.1, -0.05) is 49.5 Å². The third kappa shape index (κ3) is 2.06. The van der Waals surface area contributed by atoms with Crippen molar-refractivity contribution in [1.82, 2.24) is 0 Å². The van der Waals surface area contributed by atoms with Crippen LogP contribution in [0.4, 0.5) is 0 Å². The van der Waals surface area contributed by atoms with E-state index in [1.807, 2.05) is 12.2 Å². The molecule has 0 nitrogen and oxygen atoms in total. The normalized spacial score (nSPS) is 15.5. The molecule has 1 rings (SSSR count). The van der Waals surface area contributed by atoms with Gasteiger partial charge in [-0.3, -0.25) is 0 Å². The summed E-state index contributed by atoms with van der Waals surface area (Å²) in [6.45, 7) is 2.13. The molecule has 1 aliphatic rings. The molecule has 52 valence electrons. The molecule has 1 aliphatic carbocycles. The topological polar surface area (TPSA) is 0 Å². The lowest BCUT2D eigenvalue weighted by Crippen LogP contribution is -1.62. The highest BCUT2D eigenvalue weighted by atomic mass is 13.9. The molecular weight excluding hydrogens is 120 g/mol. The van der Waals surface area contributed by atoms with Crippen LogP contribution in [-0.2, 0) is 0 Å². The second kappa shape index (κ2) is 3.89. The molecule has 10 heavy (non-hydrogen) atoms. The summed E-state index contributed by atoms with van der Waals surface area (Å²) < 4.78 is 0. The van der Waals surface area contributed by atoms with Crippen molar-refractivity contribution in [2.75, 3.05) is 0 Å². The van der Waals surface area contributed by atoms with Crippen LogP contribution in [-0.4, -0.2) is 0 Å². The second-order valence-corrected chi connectivity index (χ2v) is 2.22. The molecule has 0 amide bonds. The molecule has 0 saturated carbocycles. The Balaban J connectivity index is 2.48. The zero-order valence-corrected chi connectivity index (χ0v) is 6.25. The number of rotatable bonds is 2. The van der Waals surface area contributed by atoms with Crippen molar-refractivity contribution >= 4 is 0 Å². The van der Waals surface area contributed by atoms with E-state index in [-0.39, 0.29) is 0 Å². The molecule has 0 aliphatic heterocycles. The molecule has 0 aromatic heterocycles. The molecule has 0 aromatic rings. The van der Waals surface area contributed by atoms with Gasteiger partial charge in [-0.25, -0.2) is 0 Å². The molecule has 0 heteroatoms. The Morgan fingerprint density at radius 2 is 2.00 bits per heavy atom. The fourth-order valence-corrected chi connectivity index (χ4v) is 0.815. The molecule has 0 radical (unpaired) electrons. The third-order valence-corrected chi connectivity index (χ3v) is 1.35. The average molecular weight is 132 g/mol. The zero-order valence-electron chi connectivity index (χ0n) is 6.25. The summed E-state index contributed by atoms with van der Waals surface area (Å²) in [6, 6.07) is 0. The molecular formula is C10H12. The lowest BCUT2D eigenvalue weighted by atomic mass is 10.2. The first-order valence-electron chi connectivity index (χ1n) is 3.65. The summed E-state index contributed by atoms with van der Waals surface area (Å²) in [5.41, 5.74) is 1.28. The van der Waals surface area contributed by atoms with Crippen molar-refractivity contribution < 1.29 is 0 Å². The van der Waals surface area contributed by atoms with Crippen LogP contribution in [0.3, 0.4) is 0 Å². The summed E-state index contributed by atoms with van der Waals surface area (Å²) in [5.74, 6) is 0. The molecule has 0 unspecified atom stereocenters. The standard InChI is InChI=1S/C10H12/c1-2-3-4-7-10-8-5-6-9-10/h3-9H,2H2,1H3/b4-3+. The molecule has 0 saturated heterocycles. The highest BCUT2D eigenvalue weighted by Crippen LogP contribution is 2.06. The van der Waals surface area contributed by atoms with Crippen molar-refractivity contribution in [2.24, 2.45) is 0 Å². The minimum atomic E-state index is 1.11. The Hall–Kier alpha value is -1.04. The maximum absolute atomic E-state index is 2.15. The van der Waals surface area contributed by atoms with Gasteiger partial charge in [0.05, 0.1) is 0 Å². The fourth-order valence-electron chi connectivity index (χ4n) is 0.815. The number of hydrogen-bond donors (Lipinski definition) is 0. The Bertz CT molecular complexity index is 188. The van der Waals surface area contributed by atoms with Crippen molar-refractivity contribution in [1.29, 1.82) is 0 Å². The van der Waals surface area contributed by atoms with Gasteiger partial charge in [-0.05, 0) is 12.0 Å². The second-order valence-electron chi connectivity index (χ2n) is 2.22. The van der Waals surface area contributed by atoms with Crippen molar-refractivity contribution in [3.63, 3.8) is 0 Å². The minimum Gasteiger partial charge on any atom is -0.0848 e. The van der Waals surface area contributed by atoms with E-state index in [4.69, 9.17) is 0 Å². The summed E-state index contributed by atoms with van der Waals surface area (Å²) >= 11 is 0. The Labute approximate surface area is 62.3 Å². The summed E-state index contributed by atoms with van der Waals surface area (Å²) in [7, 11) is 0. The van der Waals surface area contributed by atoms with Gasteiger partial charge in [-0.15, -0.1) is 0 Å². The van der Waals surface area contributed by atoms with E-state index in [1.54, 1.807) is 0 Å². The van der Waals surface area contributed by atoms with Crippen LogP contribution in [0.2, 0.25) is 0 Å². The third-order valence-electron chi connectivity index (χ3n) is 1.35. The van der Waals surface area contributed by atoms with Crippen LogP contribution >= 0.6 is 0 Å². The van der Waals surface area contributed by atoms with Crippen LogP contribution in [0, 0.1) is 0 Å². The molecule has 0 N–H and O–H groups in total. The molecule has 0 fully saturated rings. The van der Waals surface area contributed by atoms with Gasteiger partial charge in [0.25, 0.3) is 0 Å². The van der Waals surface area contributed by atoms with Crippen molar-refractivity contribution in [2.45, 2.75) is 13.3 Å². The van der Waals surface area contributed by atoms with Gasteiger partial charge in [0, 0.05) is 0 Å². The highest BCUT2D eigenvalue weighted by molar-refractivity contribution is 5.41. The molecule has 0 atom stereocenters. The monoisotopic (exact) mass is 132 g/mol. The van der Waals surface area contributed by atoms with Crippen molar-refractivity contribution in [3.05, 3.63) is 48.1 Å². The maximum atomic E-state index is 2.15. The van der Waals surface area contributed by atoms with Crippen LogP contribution in [0.5, 0.6) is 0 Å². The van der Waals surface area contributed by atoms with E-state index in [9.17, 15) is 0 Å². The van der Waals surface area contributed by atoms with Gasteiger partial charge in [0.2, 0.25) is 0 Å². The number of allylic oxidation sites excluding steroid dienone is 8. The van der Waals surface area contributed by atoms with Crippen molar-refractivity contribution in [3.8, 4) is 0 Å². The lowest BCUT2D eigenvalue weighted by Gasteiger charge is -1.82. The lowest BCUT2D eigenvalue weighted by molar-refractivity contribution is 1.22. The average Bonchev–Trinajstić information content (AvgIpc) is 2.41. The van der Waals surface area contributed by atoms with E-state index in [0.717, 1.165) is 6.42 Å². The van der Waals surface area contributed by atoms with Gasteiger partial charge in [-0.2, -0.15) is 0 Å². The zero-order chi connectivity index (χ0) is 7.23. The predicted octanol–water partition coefficient (Wildman–Crippen LogP) is 3.01. The van der Waals surface area contributed by atoms with E-state index < -0.39 is 0 Å². The van der Waals surface area contributed by atoms with Crippen LogP contribution in [0.1, 0.15) is 13.3 Å². The van der Waals surface area contributed by atoms with Gasteiger partial charge in [0.15, 0.2) is 0 Å². The molecule has 0 aromatic carbocycles. The van der Waals surface area contributed by atoms with Gasteiger partial charge >= 0.3 is 0 Å². The van der Waals surface area contributed by atoms with Gasteiger partial charge < -0.3 is 0 Å². The highest BCUT2D eigenvalue weighted by Gasteiger charge is 1.86. The largest absolute Gasteiger partial charge is 0.0848 e. The van der Waals surface area contributed by atoms with E-state index >= 15 is 0 Å². The molecule has 0 spiro atoms. The van der Waals surface area contributed by atoms with Gasteiger partial charge in [0.1, 0.15) is 0 Å². The Morgan fingerprint density at radius 1 is 1.30 bits per heavy atom. The summed E-state index contributed by atoms with van der Waals surface area (Å²) in [6.07, 6.45) is 15.8. The first-order valence-corrected chi connectivity index (χ1v) is 3.65. The summed E-state index contributed by atoms with van der Waals surface area (Å²) in [5, 5.41) is 0. The quantitative estimate of drug-likeness (QED) is 0.541. The summed E-state index contributed by atoms with van der Waals surface area (Å²) in [4.78, 5) is 0. The smallest absolute Gasteiger partial charge is 0.0257 e. The van der Waals surface area contributed by atoms with Crippen LogP contribution in [0.15, 0.2) is 48.1 Å². The molecule has 0 bridgehead atoms. The van der Waals surface area contributed by atoms with Crippen LogP contribution < -0.4 is 0 Å². The first-order chi connectivity index (χ1) is 4.93. The Morgan fingerprint density at radius 3 is 2.60 bits per heavy atom. The Kier molecular flexibility index (Phi) is 2.75. The van der Waals surface area contributed by atoms with E-state index in [0.29, 0.717) is 0 Å².